The normalized spacial score (nSPS) is 10.4. The molecule has 0 aliphatic rings. The third-order valence-electron chi connectivity index (χ3n) is 1.31. The Balaban J connectivity index is 2.96. The maximum absolute atomic E-state index is 3.88. The average molecular weight is 137 g/mol. The molecule has 0 aliphatic carbocycles. The summed E-state index contributed by atoms with van der Waals surface area (Å²) in [5, 5.41) is 11.2. The van der Waals surface area contributed by atoms with Gasteiger partial charge in [-0.2, -0.15) is 0 Å². The zero-order valence-corrected chi connectivity index (χ0v) is 6.50. The molecule has 0 fully saturated rings. The molecule has 1 aromatic rings. The van der Waals surface area contributed by atoms with E-state index in [0.29, 0.717) is 5.92 Å². The van der Waals surface area contributed by atoms with E-state index < -0.39 is 0 Å². The zero-order valence-electron chi connectivity index (χ0n) is 6.50. The molecule has 0 spiro atoms. The van der Waals surface area contributed by atoms with Crippen molar-refractivity contribution in [1.82, 2.24) is 15.4 Å². The first kappa shape index (κ1) is 7.12. The highest BCUT2D eigenvalue weighted by molar-refractivity contribution is 5.07. The molecule has 0 unspecified atom stereocenters. The molecule has 3 nitrogen and oxygen atoms in total. The number of rotatable bonds is 1. The molecule has 0 amide bonds. The number of nitrogens with zero attached hydrogens (tertiary/aromatic N) is 3. The van der Waals surface area contributed by atoms with E-state index in [-0.39, 0.29) is 0 Å². The van der Waals surface area contributed by atoms with E-state index in [0.717, 1.165) is 11.4 Å². The van der Waals surface area contributed by atoms with Gasteiger partial charge in [-0.15, -0.1) is 10.2 Å². The monoisotopic (exact) mass is 137 g/mol. The number of hydrogen-bond donors (Lipinski definition) is 0. The summed E-state index contributed by atoms with van der Waals surface area (Å²) in [6, 6.07) is 1.96. The molecule has 54 valence electrons. The molecule has 0 atom stereocenters. The van der Waals surface area contributed by atoms with Crippen molar-refractivity contribution in [2.24, 2.45) is 0 Å². The summed E-state index contributed by atoms with van der Waals surface area (Å²) in [6.07, 6.45) is 0. The van der Waals surface area contributed by atoms with Crippen molar-refractivity contribution in [3.05, 3.63) is 17.5 Å². The van der Waals surface area contributed by atoms with Gasteiger partial charge < -0.3 is 0 Å². The summed E-state index contributed by atoms with van der Waals surface area (Å²) in [6.45, 7) is 6.09. The number of aromatic nitrogens is 3. The number of aryl methyl sites for hydroxylation is 1. The molecule has 0 aromatic carbocycles. The van der Waals surface area contributed by atoms with Crippen LogP contribution in [0.15, 0.2) is 6.07 Å². The summed E-state index contributed by atoms with van der Waals surface area (Å²) in [7, 11) is 0. The molecule has 0 saturated heterocycles. The summed E-state index contributed by atoms with van der Waals surface area (Å²) in [4.78, 5) is 0. The van der Waals surface area contributed by atoms with Crippen LogP contribution in [-0.2, 0) is 0 Å². The fourth-order valence-corrected chi connectivity index (χ4v) is 0.698. The van der Waals surface area contributed by atoms with Crippen molar-refractivity contribution in [1.29, 1.82) is 0 Å². The van der Waals surface area contributed by atoms with E-state index in [9.17, 15) is 0 Å². The first-order valence-electron chi connectivity index (χ1n) is 3.37. The van der Waals surface area contributed by atoms with Crippen molar-refractivity contribution in [3.8, 4) is 0 Å². The predicted octanol–water partition coefficient (Wildman–Crippen LogP) is 1.30. The van der Waals surface area contributed by atoms with Crippen LogP contribution in [0.3, 0.4) is 0 Å². The second kappa shape index (κ2) is 2.73. The van der Waals surface area contributed by atoms with Gasteiger partial charge in [0.2, 0.25) is 0 Å². The standard InChI is InChI=1S/C7H11N3/c1-5(2)7-4-6(3)8-10-9-7/h4-5H,1-3H3. The second-order valence-electron chi connectivity index (χ2n) is 2.65. The SMILES string of the molecule is Cc1cc(C(C)C)nnn1. The van der Waals surface area contributed by atoms with Crippen LogP contribution in [0.1, 0.15) is 31.2 Å². The van der Waals surface area contributed by atoms with Gasteiger partial charge in [-0.3, -0.25) is 0 Å². The predicted molar refractivity (Wildman–Crippen MR) is 38.7 cm³/mol. The Morgan fingerprint density at radius 1 is 1.30 bits per heavy atom. The zero-order chi connectivity index (χ0) is 7.56. The molecular formula is C7H11N3. The topological polar surface area (TPSA) is 38.7 Å². The average Bonchev–Trinajstić information content (AvgIpc) is 1.88. The van der Waals surface area contributed by atoms with E-state index >= 15 is 0 Å². The van der Waals surface area contributed by atoms with Crippen LogP contribution in [0, 0.1) is 6.92 Å². The van der Waals surface area contributed by atoms with Crippen LogP contribution in [0.2, 0.25) is 0 Å². The van der Waals surface area contributed by atoms with E-state index in [4.69, 9.17) is 0 Å². The largest absolute Gasteiger partial charge is 0.136 e. The van der Waals surface area contributed by atoms with E-state index in [1.807, 2.05) is 13.0 Å². The summed E-state index contributed by atoms with van der Waals surface area (Å²) >= 11 is 0. The van der Waals surface area contributed by atoms with Crippen molar-refractivity contribution < 1.29 is 0 Å². The van der Waals surface area contributed by atoms with Gasteiger partial charge in [0, 0.05) is 0 Å². The summed E-state index contributed by atoms with van der Waals surface area (Å²) < 4.78 is 0. The fourth-order valence-electron chi connectivity index (χ4n) is 0.698. The molecule has 1 aromatic heterocycles. The smallest absolute Gasteiger partial charge is 0.0692 e. The minimum absolute atomic E-state index is 0.439. The lowest BCUT2D eigenvalue weighted by Crippen LogP contribution is -1.98. The van der Waals surface area contributed by atoms with Crippen molar-refractivity contribution in [2.75, 3.05) is 0 Å². The maximum Gasteiger partial charge on any atom is 0.0692 e. The van der Waals surface area contributed by atoms with E-state index in [2.05, 4.69) is 29.3 Å². The Hall–Kier alpha value is -0.990. The van der Waals surface area contributed by atoms with Crippen molar-refractivity contribution >= 4 is 0 Å². The summed E-state index contributed by atoms with van der Waals surface area (Å²) in [5.41, 5.74) is 1.94. The maximum atomic E-state index is 3.88. The third-order valence-corrected chi connectivity index (χ3v) is 1.31. The molecule has 3 heteroatoms. The lowest BCUT2D eigenvalue weighted by atomic mass is 10.1. The number of hydrogen-bond acceptors (Lipinski definition) is 3. The van der Waals surface area contributed by atoms with Gasteiger partial charge in [0.1, 0.15) is 0 Å². The van der Waals surface area contributed by atoms with Crippen molar-refractivity contribution in [3.63, 3.8) is 0 Å². The molecule has 0 bridgehead atoms. The Morgan fingerprint density at radius 2 is 2.00 bits per heavy atom. The fraction of sp³-hybridized carbons (Fsp3) is 0.571. The van der Waals surface area contributed by atoms with E-state index in [1.54, 1.807) is 0 Å². The highest BCUT2D eigenvalue weighted by Crippen LogP contribution is 2.08. The first-order chi connectivity index (χ1) is 4.70. The van der Waals surface area contributed by atoms with Crippen molar-refractivity contribution in [2.45, 2.75) is 26.7 Å². The highest BCUT2D eigenvalue weighted by Gasteiger charge is 2.00. The Morgan fingerprint density at radius 3 is 2.40 bits per heavy atom. The minimum Gasteiger partial charge on any atom is -0.136 e. The van der Waals surface area contributed by atoms with Crippen LogP contribution in [-0.4, -0.2) is 15.4 Å². The summed E-state index contributed by atoms with van der Waals surface area (Å²) in [5.74, 6) is 0.439. The Labute approximate surface area is 60.5 Å². The van der Waals surface area contributed by atoms with Crippen LogP contribution < -0.4 is 0 Å². The molecule has 0 saturated carbocycles. The van der Waals surface area contributed by atoms with Gasteiger partial charge in [0.05, 0.1) is 11.4 Å². The van der Waals surface area contributed by atoms with Gasteiger partial charge >= 0.3 is 0 Å². The first-order valence-corrected chi connectivity index (χ1v) is 3.37. The minimum atomic E-state index is 0.439. The van der Waals surface area contributed by atoms with E-state index in [1.165, 1.54) is 0 Å². The van der Waals surface area contributed by atoms with Crippen LogP contribution in [0.5, 0.6) is 0 Å². The molecule has 1 heterocycles. The lowest BCUT2D eigenvalue weighted by molar-refractivity contribution is 0.730. The van der Waals surface area contributed by atoms with Gasteiger partial charge in [0.15, 0.2) is 0 Å². The molecule has 0 N–H and O–H groups in total. The van der Waals surface area contributed by atoms with Crippen LogP contribution in [0.25, 0.3) is 0 Å². The third kappa shape index (κ3) is 1.50. The molecule has 10 heavy (non-hydrogen) atoms. The van der Waals surface area contributed by atoms with Gasteiger partial charge in [-0.1, -0.05) is 13.8 Å². The Kier molecular flexibility index (Phi) is 1.94. The molecule has 1 rings (SSSR count). The van der Waals surface area contributed by atoms with Gasteiger partial charge in [0.25, 0.3) is 0 Å². The molecule has 0 aliphatic heterocycles. The molecular weight excluding hydrogens is 126 g/mol. The quantitative estimate of drug-likeness (QED) is 0.585. The van der Waals surface area contributed by atoms with Gasteiger partial charge in [-0.05, 0) is 24.1 Å². The van der Waals surface area contributed by atoms with Crippen LogP contribution in [0.4, 0.5) is 0 Å². The van der Waals surface area contributed by atoms with Gasteiger partial charge in [-0.25, -0.2) is 0 Å². The highest BCUT2D eigenvalue weighted by atomic mass is 15.3. The Bertz CT molecular complexity index is 220. The molecule has 0 radical (unpaired) electrons. The van der Waals surface area contributed by atoms with Crippen LogP contribution >= 0.6 is 0 Å². The lowest BCUT2D eigenvalue weighted by Gasteiger charge is -2.00. The second-order valence-corrected chi connectivity index (χ2v) is 2.65.